The molecule has 1 radical (unpaired) electrons. The maximum atomic E-state index is 2.22. The van der Waals surface area contributed by atoms with Crippen LogP contribution < -0.4 is 0 Å². The minimum atomic E-state index is 0. The second-order valence-corrected chi connectivity index (χ2v) is 3.17. The van der Waals surface area contributed by atoms with E-state index in [1.165, 1.54) is 12.0 Å². The summed E-state index contributed by atoms with van der Waals surface area (Å²) in [7, 11) is 0. The van der Waals surface area contributed by atoms with Crippen LogP contribution in [0.15, 0.2) is 11.6 Å². The van der Waals surface area contributed by atoms with Gasteiger partial charge >= 0.3 is 18.6 Å². The molecular weight excluding hydrogens is 391 g/mol. The smallest absolute Gasteiger partial charge is 0.358 e. The van der Waals surface area contributed by atoms with Crippen LogP contribution in [0.5, 0.6) is 0 Å². The van der Waals surface area contributed by atoms with Crippen molar-refractivity contribution in [2.45, 2.75) is 48.0 Å². The fourth-order valence-corrected chi connectivity index (χ4v) is 0. The van der Waals surface area contributed by atoms with Gasteiger partial charge in [-0.2, -0.15) is 0 Å². The zero-order valence-corrected chi connectivity index (χ0v) is 16.5. The van der Waals surface area contributed by atoms with Crippen LogP contribution in [0.4, 0.5) is 0 Å². The summed E-state index contributed by atoms with van der Waals surface area (Å²) in [6, 6.07) is 0. The van der Waals surface area contributed by atoms with Crippen molar-refractivity contribution < 1.29 is 39.6 Å². The quantitative estimate of drug-likeness (QED) is 0.394. The Hall–Kier alpha value is 1.01. The van der Waals surface area contributed by atoms with Crippen molar-refractivity contribution >= 4 is 0 Å². The van der Waals surface area contributed by atoms with Gasteiger partial charge in [0.25, 0.3) is 0 Å². The topological polar surface area (TPSA) is 0 Å². The summed E-state index contributed by atoms with van der Waals surface area (Å²) in [4.78, 5) is 0. The molecule has 0 N–H and O–H groups in total. The van der Waals surface area contributed by atoms with E-state index in [2.05, 4.69) is 40.7 Å². The second kappa shape index (κ2) is 36.3. The van der Waals surface area contributed by atoms with Crippen molar-refractivity contribution in [3.8, 4) is 0 Å². The van der Waals surface area contributed by atoms with E-state index < -0.39 is 0 Å². The first kappa shape index (κ1) is 44.4. The van der Waals surface area contributed by atoms with Crippen molar-refractivity contribution in [3.05, 3.63) is 33.9 Å². The third-order valence-corrected chi connectivity index (χ3v) is 1.39. The molecule has 0 aliphatic rings. The van der Waals surface area contributed by atoms with Crippen molar-refractivity contribution in [1.82, 2.24) is 0 Å². The molecule has 0 aromatic heterocycles. The fourth-order valence-electron chi connectivity index (χ4n) is 0. The summed E-state index contributed by atoms with van der Waals surface area (Å²) < 4.78 is 0. The number of hydrogen-bond acceptors (Lipinski definition) is 0. The van der Waals surface area contributed by atoms with Crippen molar-refractivity contribution in [2.75, 3.05) is 0 Å². The summed E-state index contributed by atoms with van der Waals surface area (Å²) in [6.07, 6.45) is 3.39. The first-order chi connectivity index (χ1) is 4.54. The molecule has 0 saturated carbocycles. The predicted octanol–water partition coefficient (Wildman–Crippen LogP) is 5.37. The minimum absolute atomic E-state index is 0. The molecule has 0 heterocycles. The van der Waals surface area contributed by atoms with Crippen LogP contribution >= 0.6 is 0 Å². The molecule has 0 aromatic carbocycles. The Balaban J connectivity index is -0.0000000128. The van der Waals surface area contributed by atoms with E-state index in [0.29, 0.717) is 0 Å². The molecule has 0 aliphatic heterocycles. The Labute approximate surface area is 127 Å². The van der Waals surface area contributed by atoms with Gasteiger partial charge in [0.15, 0.2) is 0 Å². The molecule has 0 atom stereocenters. The monoisotopic (exact) mass is 422 g/mol. The van der Waals surface area contributed by atoms with Crippen LogP contribution in [0.2, 0.25) is 0 Å². The first-order valence-electron chi connectivity index (χ1n) is 4.14. The van der Waals surface area contributed by atoms with Gasteiger partial charge in [0, 0.05) is 21.1 Å². The minimum Gasteiger partial charge on any atom is -0.358 e. The SMILES string of the molecule is CC=C(C)C.CCC(C)C.[CH3-].[CH3-].[CH3-].[V+2].[W]. The molecular formula is C13H31VW-. The van der Waals surface area contributed by atoms with Gasteiger partial charge in [0.1, 0.15) is 0 Å². The molecule has 0 bridgehead atoms. The third-order valence-electron chi connectivity index (χ3n) is 1.39. The van der Waals surface area contributed by atoms with Gasteiger partial charge < -0.3 is 22.3 Å². The van der Waals surface area contributed by atoms with Gasteiger partial charge in [-0.05, 0) is 26.7 Å². The average Bonchev–Trinajstić information content (AvgIpc) is 1.89. The van der Waals surface area contributed by atoms with Crippen LogP contribution in [0.25, 0.3) is 0 Å². The molecule has 0 aliphatic carbocycles. The van der Waals surface area contributed by atoms with Gasteiger partial charge in [-0.1, -0.05) is 38.8 Å². The molecule has 0 amide bonds. The summed E-state index contributed by atoms with van der Waals surface area (Å²) >= 11 is 0. The van der Waals surface area contributed by atoms with E-state index in [1.54, 1.807) is 0 Å². The van der Waals surface area contributed by atoms with Gasteiger partial charge in [-0.3, -0.25) is 0 Å². The molecule has 0 unspecified atom stereocenters. The Morgan fingerprint density at radius 1 is 1.07 bits per heavy atom. The van der Waals surface area contributed by atoms with E-state index in [4.69, 9.17) is 0 Å². The molecule has 15 heavy (non-hydrogen) atoms. The van der Waals surface area contributed by atoms with E-state index >= 15 is 0 Å². The summed E-state index contributed by atoms with van der Waals surface area (Å²) in [5.41, 5.74) is 1.38. The van der Waals surface area contributed by atoms with Crippen LogP contribution in [-0.2, 0) is 39.6 Å². The van der Waals surface area contributed by atoms with Gasteiger partial charge in [0.05, 0.1) is 0 Å². The normalized spacial score (nSPS) is 5.53. The molecule has 0 aromatic rings. The van der Waals surface area contributed by atoms with E-state index in [0.717, 1.165) is 5.92 Å². The zero-order chi connectivity index (χ0) is 8.57. The van der Waals surface area contributed by atoms with Crippen LogP contribution in [0.3, 0.4) is 0 Å². The number of rotatable bonds is 1. The second-order valence-electron chi connectivity index (χ2n) is 3.17. The van der Waals surface area contributed by atoms with E-state index in [9.17, 15) is 0 Å². The van der Waals surface area contributed by atoms with Gasteiger partial charge in [0.2, 0.25) is 0 Å². The van der Waals surface area contributed by atoms with Crippen molar-refractivity contribution in [1.29, 1.82) is 0 Å². The molecule has 2 heteroatoms. The van der Waals surface area contributed by atoms with Gasteiger partial charge in [-0.25, -0.2) is 0 Å². The number of hydrogen-bond donors (Lipinski definition) is 0. The zero-order valence-electron chi connectivity index (χ0n) is 12.2. The standard InChI is InChI=1S/C5H12.C5H10.3CH3.V.W/c2*1-4-5(2)3;;;;;/h5H,4H2,1-3H3;4H,1-3H3;3*1H3;;/q;;3*-1;+2;. The summed E-state index contributed by atoms with van der Waals surface area (Å²) in [5.74, 6) is 0.884. The van der Waals surface area contributed by atoms with Crippen molar-refractivity contribution in [2.24, 2.45) is 5.92 Å². The third kappa shape index (κ3) is 101. The number of allylic oxidation sites excluding steroid dienone is 2. The summed E-state index contributed by atoms with van der Waals surface area (Å²) in [6.45, 7) is 12.8. The van der Waals surface area contributed by atoms with Crippen molar-refractivity contribution in [3.63, 3.8) is 0 Å². The Morgan fingerprint density at radius 2 is 1.20 bits per heavy atom. The Kier molecular flexibility index (Phi) is 107. The predicted molar refractivity (Wildman–Crippen MR) is 69.5 cm³/mol. The van der Waals surface area contributed by atoms with Crippen LogP contribution in [0.1, 0.15) is 48.0 Å². The van der Waals surface area contributed by atoms with Gasteiger partial charge in [-0.15, -0.1) is 0 Å². The molecule has 0 saturated heterocycles. The van der Waals surface area contributed by atoms with E-state index in [1.807, 2.05) is 6.92 Å². The van der Waals surface area contributed by atoms with Crippen LogP contribution in [0, 0.1) is 28.2 Å². The fraction of sp³-hybridized carbons (Fsp3) is 0.615. The summed E-state index contributed by atoms with van der Waals surface area (Å²) in [5, 5.41) is 0. The average molecular weight is 422 g/mol. The van der Waals surface area contributed by atoms with Crippen LogP contribution in [-0.4, -0.2) is 0 Å². The largest absolute Gasteiger partial charge is 2.00 e. The first-order valence-corrected chi connectivity index (χ1v) is 4.14. The molecule has 0 nitrogen and oxygen atoms in total. The molecule has 95 valence electrons. The maximum absolute atomic E-state index is 2.22. The Bertz CT molecular complexity index is 84.5. The van der Waals surface area contributed by atoms with E-state index in [-0.39, 0.29) is 61.9 Å². The molecule has 0 spiro atoms. The molecule has 0 fully saturated rings. The maximum Gasteiger partial charge on any atom is 2.00 e. The molecule has 0 rings (SSSR count). The Morgan fingerprint density at radius 3 is 1.20 bits per heavy atom.